The van der Waals surface area contributed by atoms with Gasteiger partial charge < -0.3 is 10.1 Å². The molecule has 1 N–H and O–H groups in total. The molecule has 4 heterocycles. The average molecular weight is 440 g/mol. The van der Waals surface area contributed by atoms with E-state index in [0.717, 1.165) is 16.5 Å². The number of aromatic nitrogens is 8. The van der Waals surface area contributed by atoms with E-state index in [0.29, 0.717) is 28.1 Å². The van der Waals surface area contributed by atoms with Gasteiger partial charge in [0.25, 0.3) is 0 Å². The quantitative estimate of drug-likeness (QED) is 0.336. The Morgan fingerprint density at radius 3 is 3.00 bits per heavy atom. The molecule has 0 atom stereocenters. The maximum absolute atomic E-state index is 11.0. The highest BCUT2D eigenvalue weighted by Gasteiger charge is 2.19. The van der Waals surface area contributed by atoms with Gasteiger partial charge in [0.2, 0.25) is 0 Å². The van der Waals surface area contributed by atoms with Crippen LogP contribution in [-0.4, -0.2) is 44.5 Å². The topological polar surface area (TPSA) is 133 Å². The Balaban J connectivity index is 1.51. The third kappa shape index (κ3) is 2.70. The van der Waals surface area contributed by atoms with E-state index < -0.39 is 4.92 Å². The molecule has 0 aliphatic carbocycles. The zero-order valence-electron chi connectivity index (χ0n) is 14.0. The smallest absolute Gasteiger partial charge is 0.358 e. The van der Waals surface area contributed by atoms with Crippen LogP contribution in [0.5, 0.6) is 0 Å². The fourth-order valence-electron chi connectivity index (χ4n) is 2.95. The van der Waals surface area contributed by atoms with Crippen LogP contribution in [0.3, 0.4) is 0 Å². The maximum Gasteiger partial charge on any atom is 0.404 e. The lowest BCUT2D eigenvalue weighted by Gasteiger charge is -2.01. The molecule has 28 heavy (non-hydrogen) atoms. The minimum atomic E-state index is -0.526. The van der Waals surface area contributed by atoms with E-state index in [9.17, 15) is 10.1 Å². The first-order valence-corrected chi connectivity index (χ1v) is 8.89. The van der Waals surface area contributed by atoms with Crippen LogP contribution in [0.4, 0.5) is 5.82 Å². The molecule has 0 fully saturated rings. The van der Waals surface area contributed by atoms with Crippen molar-refractivity contribution in [3.8, 4) is 11.4 Å². The van der Waals surface area contributed by atoms with Gasteiger partial charge in [-0.3, -0.25) is 5.10 Å². The minimum absolute atomic E-state index is 0.213. The van der Waals surface area contributed by atoms with Gasteiger partial charge in [-0.05, 0) is 32.5 Å². The molecule has 5 rings (SSSR count). The van der Waals surface area contributed by atoms with Crippen LogP contribution in [-0.2, 0) is 6.54 Å². The molecule has 0 amide bonds. The fourth-order valence-corrected chi connectivity index (χ4v) is 3.41. The molecule has 4 aromatic heterocycles. The molecule has 5 aromatic rings. The van der Waals surface area contributed by atoms with Crippen molar-refractivity contribution in [2.24, 2.45) is 0 Å². The van der Waals surface area contributed by atoms with E-state index in [1.54, 1.807) is 23.2 Å². The van der Waals surface area contributed by atoms with Crippen LogP contribution in [0.15, 0.2) is 47.5 Å². The molecule has 11 nitrogen and oxygen atoms in total. The number of nitrogens with one attached hydrogen (secondary N) is 1. The third-order valence-electron chi connectivity index (χ3n) is 4.19. The molecule has 0 aliphatic heterocycles. The number of fused-ring (bicyclic) bond motifs is 3. The van der Waals surface area contributed by atoms with Gasteiger partial charge in [0, 0.05) is 5.56 Å². The SMILES string of the molecule is O=[N+]([O-])c1nn(Cc2cccc(-c3nc4c5cn[nH]c5ncn4n3)c2)cc1Br. The van der Waals surface area contributed by atoms with Crippen molar-refractivity contribution >= 4 is 38.4 Å². The van der Waals surface area contributed by atoms with Crippen LogP contribution in [0, 0.1) is 10.1 Å². The first kappa shape index (κ1) is 16.5. The van der Waals surface area contributed by atoms with Crippen LogP contribution < -0.4 is 0 Å². The van der Waals surface area contributed by atoms with Gasteiger partial charge >= 0.3 is 5.82 Å². The fraction of sp³-hybridized carbons (Fsp3) is 0.0625. The molecule has 0 saturated carbocycles. The molecule has 1 aromatic carbocycles. The Morgan fingerprint density at radius 2 is 2.18 bits per heavy atom. The highest BCUT2D eigenvalue weighted by Crippen LogP contribution is 2.24. The van der Waals surface area contributed by atoms with Gasteiger partial charge in [0.15, 0.2) is 17.1 Å². The van der Waals surface area contributed by atoms with E-state index in [2.05, 4.69) is 46.3 Å². The molecule has 0 radical (unpaired) electrons. The summed E-state index contributed by atoms with van der Waals surface area (Å²) in [4.78, 5) is 19.3. The summed E-state index contributed by atoms with van der Waals surface area (Å²) >= 11 is 3.16. The second kappa shape index (κ2) is 6.20. The number of hydrogen-bond acceptors (Lipinski definition) is 7. The number of nitrogens with zero attached hydrogens (tertiary/aromatic N) is 8. The summed E-state index contributed by atoms with van der Waals surface area (Å²) < 4.78 is 3.46. The maximum atomic E-state index is 11.0. The van der Waals surface area contributed by atoms with Crippen LogP contribution in [0.2, 0.25) is 0 Å². The predicted octanol–water partition coefficient (Wildman–Crippen LogP) is 2.58. The molecule has 0 unspecified atom stereocenters. The zero-order chi connectivity index (χ0) is 19.3. The second-order valence-corrected chi connectivity index (χ2v) is 6.89. The van der Waals surface area contributed by atoms with Gasteiger partial charge in [-0.2, -0.15) is 9.78 Å². The number of hydrogen-bond donors (Lipinski definition) is 1. The lowest BCUT2D eigenvalue weighted by molar-refractivity contribution is -0.390. The summed E-state index contributed by atoms with van der Waals surface area (Å²) in [5.74, 6) is 0.333. The molecular formula is C16H10BrN9O2. The molecule has 0 spiro atoms. The third-order valence-corrected chi connectivity index (χ3v) is 4.75. The molecule has 138 valence electrons. The number of nitro groups is 1. The minimum Gasteiger partial charge on any atom is -0.358 e. The summed E-state index contributed by atoms with van der Waals surface area (Å²) in [6.45, 7) is 0.376. The molecule has 0 aliphatic rings. The van der Waals surface area contributed by atoms with Crippen LogP contribution in [0.25, 0.3) is 28.1 Å². The van der Waals surface area contributed by atoms with Gasteiger partial charge in [0.05, 0.1) is 29.4 Å². The normalized spacial score (nSPS) is 11.5. The Bertz CT molecular complexity index is 1350. The summed E-state index contributed by atoms with van der Waals surface area (Å²) in [5, 5.41) is 27.0. The Kier molecular flexibility index (Phi) is 3.65. The number of benzene rings is 1. The number of halogens is 1. The van der Waals surface area contributed by atoms with Gasteiger partial charge in [-0.15, -0.1) is 5.10 Å². The number of aromatic amines is 1. The molecule has 0 bridgehead atoms. The predicted molar refractivity (Wildman–Crippen MR) is 102 cm³/mol. The van der Waals surface area contributed by atoms with Crippen molar-refractivity contribution in [2.45, 2.75) is 6.54 Å². The Hall–Kier alpha value is -3.67. The van der Waals surface area contributed by atoms with E-state index in [1.807, 2.05) is 24.3 Å². The molecule has 0 saturated heterocycles. The van der Waals surface area contributed by atoms with Gasteiger partial charge in [-0.25, -0.2) is 14.5 Å². The summed E-state index contributed by atoms with van der Waals surface area (Å²) in [6, 6.07) is 7.63. The molecule has 12 heteroatoms. The highest BCUT2D eigenvalue weighted by molar-refractivity contribution is 9.10. The highest BCUT2D eigenvalue weighted by atomic mass is 79.9. The molecular weight excluding hydrogens is 430 g/mol. The average Bonchev–Trinajstić information content (AvgIpc) is 3.38. The first-order valence-electron chi connectivity index (χ1n) is 8.09. The number of rotatable bonds is 4. The van der Waals surface area contributed by atoms with Gasteiger partial charge in [-0.1, -0.05) is 18.2 Å². The standard InChI is InChI=1S/C16H10BrN9O2/c17-12-7-24(23-16(12)26(27)28)6-9-2-1-3-10(4-9)13-20-15-11-5-19-21-14(11)18-8-25(15)22-13/h1-5,7-8H,6H2,(H,19,21). The number of H-pyrrole nitrogens is 1. The van der Waals surface area contributed by atoms with Crippen LogP contribution >= 0.6 is 15.9 Å². The van der Waals surface area contributed by atoms with Crippen molar-refractivity contribution in [3.05, 3.63) is 63.1 Å². The van der Waals surface area contributed by atoms with E-state index >= 15 is 0 Å². The zero-order valence-corrected chi connectivity index (χ0v) is 15.6. The summed E-state index contributed by atoms with van der Waals surface area (Å²) in [7, 11) is 0. The van der Waals surface area contributed by atoms with Crippen molar-refractivity contribution < 1.29 is 4.92 Å². The van der Waals surface area contributed by atoms with Gasteiger partial charge in [0.1, 0.15) is 10.8 Å². The van der Waals surface area contributed by atoms with Crippen molar-refractivity contribution in [3.63, 3.8) is 0 Å². The first-order chi connectivity index (χ1) is 13.6. The van der Waals surface area contributed by atoms with Crippen LogP contribution in [0.1, 0.15) is 5.56 Å². The Labute approximate surface area is 164 Å². The van der Waals surface area contributed by atoms with E-state index in [-0.39, 0.29) is 5.82 Å². The summed E-state index contributed by atoms with van der Waals surface area (Å²) in [5.41, 5.74) is 3.03. The Morgan fingerprint density at radius 1 is 1.29 bits per heavy atom. The largest absolute Gasteiger partial charge is 0.404 e. The lowest BCUT2D eigenvalue weighted by atomic mass is 10.1. The van der Waals surface area contributed by atoms with Crippen molar-refractivity contribution in [1.29, 1.82) is 0 Å². The van der Waals surface area contributed by atoms with E-state index in [4.69, 9.17) is 0 Å². The second-order valence-electron chi connectivity index (χ2n) is 6.04. The van der Waals surface area contributed by atoms with Crippen molar-refractivity contribution in [2.75, 3.05) is 0 Å². The summed E-state index contributed by atoms with van der Waals surface area (Å²) in [6.07, 6.45) is 4.82. The monoisotopic (exact) mass is 439 g/mol. The van der Waals surface area contributed by atoms with Crippen molar-refractivity contribution in [1.82, 2.24) is 39.6 Å². The lowest BCUT2D eigenvalue weighted by Crippen LogP contribution is -2.01. The van der Waals surface area contributed by atoms with E-state index in [1.165, 1.54) is 4.68 Å².